The molecular weight excluding hydrogens is 223 g/mol. The molecule has 0 atom stereocenters. The quantitative estimate of drug-likeness (QED) is 0.736. The molecule has 0 aliphatic rings. The van der Waals surface area contributed by atoms with Gasteiger partial charge in [0.25, 0.3) is 0 Å². The van der Waals surface area contributed by atoms with Crippen LogP contribution < -0.4 is 11.1 Å². The minimum atomic E-state index is -4.37. The highest BCUT2D eigenvalue weighted by atomic mass is 19.4. The summed E-state index contributed by atoms with van der Waals surface area (Å²) in [6.07, 6.45) is -3.09. The van der Waals surface area contributed by atoms with E-state index in [0.717, 1.165) is 0 Å². The molecule has 0 heterocycles. The van der Waals surface area contributed by atoms with Crippen molar-refractivity contribution < 1.29 is 18.0 Å². The van der Waals surface area contributed by atoms with Gasteiger partial charge in [-0.15, -0.1) is 0 Å². The van der Waals surface area contributed by atoms with E-state index in [1.807, 2.05) is 12.2 Å². The van der Waals surface area contributed by atoms with Gasteiger partial charge < -0.3 is 16.0 Å². The van der Waals surface area contributed by atoms with E-state index < -0.39 is 18.8 Å². The highest BCUT2D eigenvalue weighted by Crippen LogP contribution is 2.12. The molecule has 0 aromatic heterocycles. The molecule has 4 nitrogen and oxygen atoms in total. The molecule has 0 aromatic carbocycles. The predicted molar refractivity (Wildman–Crippen MR) is 55.0 cm³/mol. The molecule has 0 saturated carbocycles. The van der Waals surface area contributed by atoms with Crippen LogP contribution in [0.3, 0.4) is 0 Å². The van der Waals surface area contributed by atoms with Gasteiger partial charge in [-0.3, -0.25) is 0 Å². The first-order valence-electron chi connectivity index (χ1n) is 5.20. The first kappa shape index (κ1) is 15.0. The van der Waals surface area contributed by atoms with E-state index in [1.165, 1.54) is 4.90 Å². The summed E-state index contributed by atoms with van der Waals surface area (Å²) in [5, 5.41) is 1.84. The summed E-state index contributed by atoms with van der Waals surface area (Å²) in [4.78, 5) is 12.7. The SMILES string of the molecule is CCCN(CCCN)C(=O)NCC(F)(F)F. The van der Waals surface area contributed by atoms with E-state index in [-0.39, 0.29) is 0 Å². The number of rotatable bonds is 6. The number of nitrogens with zero attached hydrogens (tertiary/aromatic N) is 1. The van der Waals surface area contributed by atoms with E-state index in [4.69, 9.17) is 5.73 Å². The van der Waals surface area contributed by atoms with Crippen LogP contribution in [0.15, 0.2) is 0 Å². The van der Waals surface area contributed by atoms with Gasteiger partial charge >= 0.3 is 12.2 Å². The Morgan fingerprint density at radius 1 is 1.38 bits per heavy atom. The average molecular weight is 241 g/mol. The molecule has 0 unspecified atom stereocenters. The van der Waals surface area contributed by atoms with Crippen molar-refractivity contribution in [2.75, 3.05) is 26.2 Å². The number of nitrogens with one attached hydrogen (secondary N) is 1. The largest absolute Gasteiger partial charge is 0.405 e. The number of nitrogens with two attached hydrogens (primary N) is 1. The highest BCUT2D eigenvalue weighted by Gasteiger charge is 2.28. The molecule has 0 aliphatic heterocycles. The molecule has 16 heavy (non-hydrogen) atoms. The van der Waals surface area contributed by atoms with Crippen LogP contribution in [0.1, 0.15) is 19.8 Å². The van der Waals surface area contributed by atoms with Crippen LogP contribution in [0.2, 0.25) is 0 Å². The Kier molecular flexibility index (Phi) is 6.87. The lowest BCUT2D eigenvalue weighted by Crippen LogP contribution is -2.44. The maximum atomic E-state index is 11.9. The van der Waals surface area contributed by atoms with Crippen LogP contribution in [0.25, 0.3) is 0 Å². The van der Waals surface area contributed by atoms with E-state index in [2.05, 4.69) is 0 Å². The van der Waals surface area contributed by atoms with Crippen molar-refractivity contribution in [3.63, 3.8) is 0 Å². The fourth-order valence-electron chi connectivity index (χ4n) is 1.15. The molecule has 3 N–H and O–H groups in total. The second-order valence-corrected chi connectivity index (χ2v) is 3.40. The van der Waals surface area contributed by atoms with Crippen molar-refractivity contribution >= 4 is 6.03 Å². The minimum absolute atomic E-state index is 0.383. The molecule has 0 bridgehead atoms. The first-order chi connectivity index (χ1) is 7.40. The maximum Gasteiger partial charge on any atom is 0.405 e. The molecule has 96 valence electrons. The molecule has 2 amide bonds. The number of hydrogen-bond donors (Lipinski definition) is 2. The van der Waals surface area contributed by atoms with Gasteiger partial charge in [-0.2, -0.15) is 13.2 Å². The molecule has 0 radical (unpaired) electrons. The van der Waals surface area contributed by atoms with Crippen molar-refractivity contribution in [3.8, 4) is 0 Å². The number of urea groups is 1. The Hall–Kier alpha value is -0.980. The van der Waals surface area contributed by atoms with Crippen molar-refractivity contribution in [1.29, 1.82) is 0 Å². The summed E-state index contributed by atoms with van der Waals surface area (Å²) in [5.41, 5.74) is 5.28. The zero-order valence-electron chi connectivity index (χ0n) is 9.31. The predicted octanol–water partition coefficient (Wildman–Crippen LogP) is 1.32. The molecule has 0 aromatic rings. The Labute approximate surface area is 93.0 Å². The van der Waals surface area contributed by atoms with Gasteiger partial charge in [-0.25, -0.2) is 4.79 Å². The molecular formula is C9H18F3N3O. The molecule has 0 saturated heterocycles. The second kappa shape index (κ2) is 7.32. The fraction of sp³-hybridized carbons (Fsp3) is 0.889. The first-order valence-corrected chi connectivity index (χ1v) is 5.20. The lowest BCUT2D eigenvalue weighted by Gasteiger charge is -2.22. The number of halogens is 3. The molecule has 0 rings (SSSR count). The maximum absolute atomic E-state index is 11.9. The fourth-order valence-corrected chi connectivity index (χ4v) is 1.15. The third-order valence-electron chi connectivity index (χ3n) is 1.85. The Bertz CT molecular complexity index is 209. The molecule has 0 fully saturated rings. The van der Waals surface area contributed by atoms with Gasteiger partial charge in [0.2, 0.25) is 0 Å². The van der Waals surface area contributed by atoms with E-state index in [1.54, 1.807) is 0 Å². The second-order valence-electron chi connectivity index (χ2n) is 3.40. The average Bonchev–Trinajstić information content (AvgIpc) is 2.19. The monoisotopic (exact) mass is 241 g/mol. The van der Waals surface area contributed by atoms with Crippen molar-refractivity contribution in [3.05, 3.63) is 0 Å². The topological polar surface area (TPSA) is 58.4 Å². The van der Waals surface area contributed by atoms with Crippen molar-refractivity contribution in [2.24, 2.45) is 5.73 Å². The number of alkyl halides is 3. The smallest absolute Gasteiger partial charge is 0.330 e. The molecule has 0 aliphatic carbocycles. The van der Waals surface area contributed by atoms with Crippen LogP contribution in [0.5, 0.6) is 0 Å². The number of carbonyl (C=O) groups is 1. The van der Waals surface area contributed by atoms with Gasteiger partial charge in [0.1, 0.15) is 6.54 Å². The van der Waals surface area contributed by atoms with Crippen LogP contribution in [-0.4, -0.2) is 43.3 Å². The number of carbonyl (C=O) groups excluding carboxylic acids is 1. The number of hydrogen-bond acceptors (Lipinski definition) is 2. The van der Waals surface area contributed by atoms with Crippen LogP contribution >= 0.6 is 0 Å². The van der Waals surface area contributed by atoms with Gasteiger partial charge in [-0.1, -0.05) is 6.92 Å². The number of amides is 2. The highest BCUT2D eigenvalue weighted by molar-refractivity contribution is 5.74. The summed E-state index contributed by atoms with van der Waals surface area (Å²) < 4.78 is 35.6. The summed E-state index contributed by atoms with van der Waals surface area (Å²) in [5.74, 6) is 0. The minimum Gasteiger partial charge on any atom is -0.330 e. The van der Waals surface area contributed by atoms with Crippen LogP contribution in [0.4, 0.5) is 18.0 Å². The molecule has 0 spiro atoms. The normalized spacial score (nSPS) is 11.3. The van der Waals surface area contributed by atoms with Crippen molar-refractivity contribution in [2.45, 2.75) is 25.9 Å². The lowest BCUT2D eigenvalue weighted by molar-refractivity contribution is -0.123. The van der Waals surface area contributed by atoms with Gasteiger partial charge in [0.05, 0.1) is 0 Å². The summed E-state index contributed by atoms with van der Waals surface area (Å²) in [7, 11) is 0. The van der Waals surface area contributed by atoms with E-state index in [0.29, 0.717) is 32.5 Å². The Balaban J connectivity index is 4.05. The van der Waals surface area contributed by atoms with Gasteiger partial charge in [-0.05, 0) is 19.4 Å². The lowest BCUT2D eigenvalue weighted by atomic mass is 10.3. The van der Waals surface area contributed by atoms with E-state index in [9.17, 15) is 18.0 Å². The van der Waals surface area contributed by atoms with Crippen molar-refractivity contribution in [1.82, 2.24) is 10.2 Å². The third kappa shape index (κ3) is 7.33. The Morgan fingerprint density at radius 3 is 2.44 bits per heavy atom. The molecule has 7 heteroatoms. The zero-order valence-corrected chi connectivity index (χ0v) is 9.31. The van der Waals surface area contributed by atoms with Crippen LogP contribution in [0, 0.1) is 0 Å². The summed E-state index contributed by atoms with van der Waals surface area (Å²) >= 11 is 0. The zero-order chi connectivity index (χ0) is 12.6. The van der Waals surface area contributed by atoms with Gasteiger partial charge in [0.15, 0.2) is 0 Å². The van der Waals surface area contributed by atoms with Crippen LogP contribution in [-0.2, 0) is 0 Å². The third-order valence-corrected chi connectivity index (χ3v) is 1.85. The summed E-state index contributed by atoms with van der Waals surface area (Å²) in [6, 6.07) is -0.687. The summed E-state index contributed by atoms with van der Waals surface area (Å²) in [6.45, 7) is 1.78. The standard InChI is InChI=1S/C9H18F3N3O/c1-2-5-15(6-3-4-13)8(16)14-7-9(10,11)12/h2-7,13H2,1H3,(H,14,16). The van der Waals surface area contributed by atoms with E-state index >= 15 is 0 Å². The Morgan fingerprint density at radius 2 is 2.00 bits per heavy atom. The van der Waals surface area contributed by atoms with Gasteiger partial charge in [0, 0.05) is 13.1 Å².